The second kappa shape index (κ2) is 8.09. The number of nitrogens with zero attached hydrogens (tertiary/aromatic N) is 4. The third kappa shape index (κ3) is 4.44. The molecular formula is C15H20ClN7O. The molecule has 0 atom stereocenters. The van der Waals surface area contributed by atoms with Gasteiger partial charge in [0.1, 0.15) is 17.8 Å². The minimum Gasteiger partial charge on any atom is -0.393 e. The van der Waals surface area contributed by atoms with E-state index in [2.05, 4.69) is 30.5 Å². The number of aromatic nitrogens is 3. The lowest BCUT2D eigenvalue weighted by molar-refractivity contribution is 0.0398. The van der Waals surface area contributed by atoms with Gasteiger partial charge in [-0.3, -0.25) is 4.90 Å². The van der Waals surface area contributed by atoms with Crippen molar-refractivity contribution in [2.75, 3.05) is 55.8 Å². The second-order valence-corrected chi connectivity index (χ2v) is 5.79. The number of nitrogen functional groups attached to an aromatic ring is 1. The summed E-state index contributed by atoms with van der Waals surface area (Å²) >= 11 is 5.83. The molecular weight excluding hydrogens is 330 g/mol. The Bertz CT molecular complexity index is 661. The van der Waals surface area contributed by atoms with E-state index in [1.54, 1.807) is 18.3 Å². The van der Waals surface area contributed by atoms with Gasteiger partial charge in [0, 0.05) is 32.4 Å². The fraction of sp³-hybridized carbons (Fsp3) is 0.400. The van der Waals surface area contributed by atoms with Crippen LogP contribution in [0, 0.1) is 0 Å². The summed E-state index contributed by atoms with van der Waals surface area (Å²) in [6, 6.07) is 3.51. The van der Waals surface area contributed by atoms with Gasteiger partial charge in [0.25, 0.3) is 0 Å². The van der Waals surface area contributed by atoms with Crippen LogP contribution < -0.4 is 16.4 Å². The first-order valence-corrected chi connectivity index (χ1v) is 8.13. The number of pyridine rings is 1. The van der Waals surface area contributed by atoms with Crippen LogP contribution in [0.4, 0.5) is 23.1 Å². The molecule has 0 saturated carbocycles. The third-order valence-corrected chi connectivity index (χ3v) is 3.91. The summed E-state index contributed by atoms with van der Waals surface area (Å²) in [4.78, 5) is 14.9. The lowest BCUT2D eigenvalue weighted by Crippen LogP contribution is -2.39. The van der Waals surface area contributed by atoms with Crippen molar-refractivity contribution in [3.8, 4) is 0 Å². The molecule has 8 nitrogen and oxygen atoms in total. The number of morpholine rings is 1. The maximum Gasteiger partial charge on any atom is 0.160 e. The number of hydrogen-bond donors (Lipinski definition) is 3. The van der Waals surface area contributed by atoms with Crippen LogP contribution in [-0.2, 0) is 4.74 Å². The van der Waals surface area contributed by atoms with Crippen LogP contribution in [0.3, 0.4) is 0 Å². The highest BCUT2D eigenvalue weighted by atomic mass is 35.5. The zero-order chi connectivity index (χ0) is 16.8. The second-order valence-electron chi connectivity index (χ2n) is 5.35. The molecule has 0 amide bonds. The molecule has 3 heterocycles. The number of nitrogens with one attached hydrogen (secondary N) is 2. The van der Waals surface area contributed by atoms with Gasteiger partial charge in [-0.25, -0.2) is 15.0 Å². The Hall–Kier alpha value is -2.16. The normalized spacial score (nSPS) is 15.2. The van der Waals surface area contributed by atoms with Crippen LogP contribution >= 0.6 is 11.6 Å². The van der Waals surface area contributed by atoms with Crippen molar-refractivity contribution in [2.24, 2.45) is 0 Å². The predicted molar refractivity (Wildman–Crippen MR) is 94.7 cm³/mol. The summed E-state index contributed by atoms with van der Waals surface area (Å²) in [5.74, 6) is 1.73. The molecule has 0 aliphatic carbocycles. The van der Waals surface area contributed by atoms with Crippen molar-refractivity contribution in [1.29, 1.82) is 0 Å². The van der Waals surface area contributed by atoms with E-state index in [0.717, 1.165) is 39.4 Å². The van der Waals surface area contributed by atoms with E-state index in [1.165, 1.54) is 6.33 Å². The molecule has 4 N–H and O–H groups in total. The maximum absolute atomic E-state index is 6.14. The van der Waals surface area contributed by atoms with E-state index in [9.17, 15) is 0 Å². The largest absolute Gasteiger partial charge is 0.393 e. The highest BCUT2D eigenvalue weighted by Gasteiger charge is 2.11. The monoisotopic (exact) mass is 349 g/mol. The van der Waals surface area contributed by atoms with Gasteiger partial charge in [-0.1, -0.05) is 11.6 Å². The van der Waals surface area contributed by atoms with Crippen molar-refractivity contribution in [2.45, 2.75) is 0 Å². The number of halogens is 1. The highest BCUT2D eigenvalue weighted by molar-refractivity contribution is 6.30. The van der Waals surface area contributed by atoms with Crippen molar-refractivity contribution < 1.29 is 4.74 Å². The number of ether oxygens (including phenoxy) is 1. The summed E-state index contributed by atoms with van der Waals surface area (Å²) in [7, 11) is 0. The van der Waals surface area contributed by atoms with Gasteiger partial charge < -0.3 is 21.1 Å². The highest BCUT2D eigenvalue weighted by Crippen LogP contribution is 2.25. The molecule has 0 spiro atoms. The summed E-state index contributed by atoms with van der Waals surface area (Å²) in [6.45, 7) is 5.15. The SMILES string of the molecule is Nc1c(NCCN2CCOCC2)ncnc1Nc1ccc(Cl)cn1. The third-order valence-electron chi connectivity index (χ3n) is 3.68. The van der Waals surface area contributed by atoms with Gasteiger partial charge in [-0.2, -0.15) is 0 Å². The minimum absolute atomic E-state index is 0.455. The first-order valence-electron chi connectivity index (χ1n) is 7.75. The molecule has 1 saturated heterocycles. The average Bonchev–Trinajstić information content (AvgIpc) is 2.61. The van der Waals surface area contributed by atoms with Crippen LogP contribution in [0.2, 0.25) is 5.02 Å². The summed E-state index contributed by atoms with van der Waals surface area (Å²) in [5.41, 5.74) is 6.60. The Morgan fingerprint density at radius 2 is 1.96 bits per heavy atom. The van der Waals surface area contributed by atoms with Gasteiger partial charge in [-0.15, -0.1) is 0 Å². The molecule has 1 aliphatic heterocycles. The van der Waals surface area contributed by atoms with Crippen LogP contribution in [-0.4, -0.2) is 59.2 Å². The molecule has 0 bridgehead atoms. The Morgan fingerprint density at radius 3 is 2.71 bits per heavy atom. The zero-order valence-electron chi connectivity index (χ0n) is 13.2. The molecule has 0 radical (unpaired) electrons. The molecule has 3 rings (SSSR count). The molecule has 0 unspecified atom stereocenters. The molecule has 2 aromatic rings. The molecule has 9 heteroatoms. The predicted octanol–water partition coefficient (Wildman–Crippen LogP) is 1.59. The van der Waals surface area contributed by atoms with Crippen LogP contribution in [0.25, 0.3) is 0 Å². The van der Waals surface area contributed by atoms with Crippen LogP contribution in [0.1, 0.15) is 0 Å². The molecule has 2 aromatic heterocycles. The molecule has 24 heavy (non-hydrogen) atoms. The Morgan fingerprint density at radius 1 is 1.17 bits per heavy atom. The first kappa shape index (κ1) is 16.7. The maximum atomic E-state index is 6.14. The van der Waals surface area contributed by atoms with E-state index in [-0.39, 0.29) is 0 Å². The van der Waals surface area contributed by atoms with E-state index in [1.807, 2.05) is 0 Å². The van der Waals surface area contributed by atoms with Crippen molar-refractivity contribution in [3.63, 3.8) is 0 Å². The quantitative estimate of drug-likeness (QED) is 0.722. The van der Waals surface area contributed by atoms with Crippen LogP contribution in [0.5, 0.6) is 0 Å². The number of hydrogen-bond acceptors (Lipinski definition) is 8. The molecule has 0 aromatic carbocycles. The van der Waals surface area contributed by atoms with Crippen LogP contribution in [0.15, 0.2) is 24.7 Å². The average molecular weight is 350 g/mol. The summed E-state index contributed by atoms with van der Waals surface area (Å²) in [5, 5.41) is 6.89. The Balaban J connectivity index is 1.59. The van der Waals surface area contributed by atoms with Gasteiger partial charge in [0.05, 0.1) is 18.2 Å². The molecule has 1 aliphatic rings. The van der Waals surface area contributed by atoms with Crippen molar-refractivity contribution >= 4 is 34.7 Å². The van der Waals surface area contributed by atoms with E-state index in [0.29, 0.717) is 28.2 Å². The summed E-state index contributed by atoms with van der Waals surface area (Å²) < 4.78 is 5.34. The van der Waals surface area contributed by atoms with Gasteiger partial charge in [0.2, 0.25) is 0 Å². The molecule has 128 valence electrons. The van der Waals surface area contributed by atoms with E-state index in [4.69, 9.17) is 22.1 Å². The first-order chi connectivity index (χ1) is 11.7. The van der Waals surface area contributed by atoms with Gasteiger partial charge in [0.15, 0.2) is 11.6 Å². The van der Waals surface area contributed by atoms with Crippen molar-refractivity contribution in [3.05, 3.63) is 29.7 Å². The number of nitrogens with two attached hydrogens (primary N) is 1. The smallest absolute Gasteiger partial charge is 0.160 e. The summed E-state index contributed by atoms with van der Waals surface area (Å²) in [6.07, 6.45) is 3.02. The topological polar surface area (TPSA) is 101 Å². The Labute approximate surface area is 145 Å². The van der Waals surface area contributed by atoms with E-state index >= 15 is 0 Å². The fourth-order valence-corrected chi connectivity index (χ4v) is 2.48. The Kier molecular flexibility index (Phi) is 5.63. The molecule has 1 fully saturated rings. The number of anilines is 4. The van der Waals surface area contributed by atoms with E-state index < -0.39 is 0 Å². The van der Waals surface area contributed by atoms with Gasteiger partial charge in [-0.05, 0) is 12.1 Å². The number of rotatable bonds is 6. The lowest BCUT2D eigenvalue weighted by Gasteiger charge is -2.26. The van der Waals surface area contributed by atoms with Gasteiger partial charge >= 0.3 is 0 Å². The minimum atomic E-state index is 0.455. The fourth-order valence-electron chi connectivity index (χ4n) is 2.36. The standard InChI is InChI=1S/C15H20ClN7O/c16-11-1-2-12(19-9-11)22-15-13(17)14(20-10-21-15)18-3-4-23-5-7-24-8-6-23/h1-2,9-10H,3-8,17H2,(H2,18,19,20,21,22). The lowest BCUT2D eigenvalue weighted by atomic mass is 10.4. The zero-order valence-corrected chi connectivity index (χ0v) is 14.0. The van der Waals surface area contributed by atoms with Crippen molar-refractivity contribution in [1.82, 2.24) is 19.9 Å².